The second kappa shape index (κ2) is 8.17. The monoisotopic (exact) mass is 507 g/mol. The molecule has 12 heteroatoms. The van der Waals surface area contributed by atoms with Gasteiger partial charge in [-0.2, -0.15) is 0 Å². The molecule has 0 radical (unpaired) electrons. The number of carbonyl (C=O) groups is 1. The fourth-order valence-corrected chi connectivity index (χ4v) is 4.74. The van der Waals surface area contributed by atoms with Gasteiger partial charge in [0.2, 0.25) is 5.95 Å². The highest BCUT2D eigenvalue weighted by atomic mass is 19.1. The zero-order valence-corrected chi connectivity index (χ0v) is 20.3. The number of aliphatic hydroxyl groups is 1. The molecule has 3 aromatic heterocycles. The van der Waals surface area contributed by atoms with Crippen molar-refractivity contribution in [3.05, 3.63) is 59.9 Å². The van der Waals surface area contributed by atoms with Gasteiger partial charge >= 0.3 is 0 Å². The summed E-state index contributed by atoms with van der Waals surface area (Å²) in [6, 6.07) is 1.82. The molecule has 0 bridgehead atoms. The van der Waals surface area contributed by atoms with E-state index in [0.717, 1.165) is 12.1 Å². The minimum Gasteiger partial charge on any atom is -0.476 e. The minimum absolute atomic E-state index is 0.0171. The lowest BCUT2D eigenvalue weighted by molar-refractivity contribution is -0.125. The van der Waals surface area contributed by atoms with E-state index >= 15 is 0 Å². The van der Waals surface area contributed by atoms with Crippen LogP contribution in [0.1, 0.15) is 25.2 Å². The molecule has 1 atom stereocenters. The molecule has 190 valence electrons. The largest absolute Gasteiger partial charge is 0.476 e. The van der Waals surface area contributed by atoms with Crippen LogP contribution in [0.4, 0.5) is 20.4 Å². The molecule has 0 saturated carbocycles. The van der Waals surface area contributed by atoms with Gasteiger partial charge < -0.3 is 14.7 Å². The third-order valence-corrected chi connectivity index (χ3v) is 6.58. The summed E-state index contributed by atoms with van der Waals surface area (Å²) in [6.07, 6.45) is 5.74. The highest BCUT2D eigenvalue weighted by Gasteiger charge is 2.38. The van der Waals surface area contributed by atoms with Gasteiger partial charge in [0.1, 0.15) is 5.82 Å². The summed E-state index contributed by atoms with van der Waals surface area (Å²) in [5, 5.41) is 9.95. The maximum Gasteiger partial charge on any atom is 0.268 e. The van der Waals surface area contributed by atoms with Gasteiger partial charge in [0.25, 0.3) is 5.91 Å². The number of hydrogen-bond donors (Lipinski definition) is 1. The molecular formula is C25H23F2N7O3. The topological polar surface area (TPSA) is 109 Å². The van der Waals surface area contributed by atoms with Gasteiger partial charge in [-0.3, -0.25) is 19.1 Å². The van der Waals surface area contributed by atoms with E-state index in [2.05, 4.69) is 19.9 Å². The number of fused-ring (bicyclic) bond motifs is 2. The van der Waals surface area contributed by atoms with Crippen molar-refractivity contribution >= 4 is 23.2 Å². The van der Waals surface area contributed by atoms with Crippen molar-refractivity contribution in [2.45, 2.75) is 39.0 Å². The van der Waals surface area contributed by atoms with Gasteiger partial charge in [-0.25, -0.2) is 23.7 Å². The Morgan fingerprint density at radius 2 is 1.89 bits per heavy atom. The fraction of sp³-hybridized carbons (Fsp3) is 0.320. The van der Waals surface area contributed by atoms with E-state index in [1.54, 1.807) is 43.0 Å². The number of imidazole rings is 1. The van der Waals surface area contributed by atoms with Gasteiger partial charge in [0.15, 0.2) is 23.3 Å². The van der Waals surface area contributed by atoms with Crippen molar-refractivity contribution < 1.29 is 23.4 Å². The van der Waals surface area contributed by atoms with Crippen LogP contribution < -0.4 is 14.5 Å². The van der Waals surface area contributed by atoms with Crippen molar-refractivity contribution in [2.24, 2.45) is 0 Å². The number of benzene rings is 1. The lowest BCUT2D eigenvalue weighted by Crippen LogP contribution is -2.60. The summed E-state index contributed by atoms with van der Waals surface area (Å²) in [7, 11) is 0. The summed E-state index contributed by atoms with van der Waals surface area (Å²) >= 11 is 0. The number of ether oxygens (including phenoxy) is 1. The van der Waals surface area contributed by atoms with Crippen molar-refractivity contribution in [1.82, 2.24) is 24.3 Å². The minimum atomic E-state index is -0.935. The lowest BCUT2D eigenvalue weighted by atomic mass is 9.98. The second-order valence-electron chi connectivity index (χ2n) is 9.69. The number of carbonyl (C=O) groups excluding carboxylic acids is 1. The van der Waals surface area contributed by atoms with Crippen LogP contribution in [-0.2, 0) is 11.3 Å². The van der Waals surface area contributed by atoms with Crippen LogP contribution >= 0.6 is 0 Å². The van der Waals surface area contributed by atoms with Gasteiger partial charge in [0, 0.05) is 36.3 Å². The molecule has 5 heterocycles. The van der Waals surface area contributed by atoms with E-state index in [1.165, 1.54) is 11.8 Å². The molecule has 0 spiro atoms. The molecule has 37 heavy (non-hydrogen) atoms. The van der Waals surface area contributed by atoms with Crippen LogP contribution in [0, 0.1) is 18.6 Å². The normalized spacial score (nSPS) is 18.5. The number of nitrogens with zero attached hydrogens (tertiary/aromatic N) is 7. The molecule has 1 N–H and O–H groups in total. The number of hydrogen-bond acceptors (Lipinski definition) is 8. The van der Waals surface area contributed by atoms with Crippen LogP contribution in [0.5, 0.6) is 5.75 Å². The van der Waals surface area contributed by atoms with E-state index < -0.39 is 29.2 Å². The number of rotatable bonds is 4. The van der Waals surface area contributed by atoms with Crippen molar-refractivity contribution in [2.75, 3.05) is 22.9 Å². The smallest absolute Gasteiger partial charge is 0.268 e. The number of halogens is 2. The number of aromatic nitrogens is 5. The molecular weight excluding hydrogens is 484 g/mol. The molecule has 4 aromatic rings. The van der Waals surface area contributed by atoms with Crippen LogP contribution in [0.25, 0.3) is 16.9 Å². The number of anilines is 2. The molecule has 1 amide bonds. The maximum atomic E-state index is 14.4. The molecule has 1 saturated heterocycles. The predicted octanol–water partition coefficient (Wildman–Crippen LogP) is 2.66. The SMILES string of the molecule is Cc1nc2cnc(-c3cnc(N4CC(C)(O)C4)nc3)cn2c1CN1C(=O)[C@@H](C)Oc2c(F)cc(F)cc21. The molecule has 0 aliphatic carbocycles. The Bertz CT molecular complexity index is 1550. The molecule has 0 unspecified atom stereocenters. The number of aryl methyl sites for hydroxylation is 1. The van der Waals surface area contributed by atoms with Crippen LogP contribution in [0.15, 0.2) is 36.9 Å². The van der Waals surface area contributed by atoms with Crippen molar-refractivity contribution in [3.8, 4) is 17.0 Å². The van der Waals surface area contributed by atoms with Crippen molar-refractivity contribution in [3.63, 3.8) is 0 Å². The zero-order chi connectivity index (χ0) is 26.1. The Kier molecular flexibility index (Phi) is 5.13. The molecule has 10 nitrogen and oxygen atoms in total. The average Bonchev–Trinajstić information content (AvgIpc) is 3.15. The van der Waals surface area contributed by atoms with Gasteiger partial charge in [-0.1, -0.05) is 0 Å². The lowest BCUT2D eigenvalue weighted by Gasteiger charge is -2.44. The molecule has 2 aliphatic heterocycles. The summed E-state index contributed by atoms with van der Waals surface area (Å²) < 4.78 is 35.7. The first-order chi connectivity index (χ1) is 17.6. The van der Waals surface area contributed by atoms with Crippen LogP contribution in [0.2, 0.25) is 0 Å². The third-order valence-electron chi connectivity index (χ3n) is 6.58. The second-order valence-corrected chi connectivity index (χ2v) is 9.69. The summed E-state index contributed by atoms with van der Waals surface area (Å²) in [4.78, 5) is 34.0. The summed E-state index contributed by atoms with van der Waals surface area (Å²) in [5.74, 6) is -1.74. The molecule has 1 fully saturated rings. The van der Waals surface area contributed by atoms with E-state index in [1.807, 2.05) is 4.90 Å². The summed E-state index contributed by atoms with van der Waals surface area (Å²) in [5.41, 5.74) is 2.38. The Balaban J connectivity index is 1.35. The average molecular weight is 508 g/mol. The first-order valence-electron chi connectivity index (χ1n) is 11.7. The zero-order valence-electron chi connectivity index (χ0n) is 20.3. The first-order valence-corrected chi connectivity index (χ1v) is 11.7. The first kappa shape index (κ1) is 23.2. The van der Waals surface area contributed by atoms with Crippen molar-refractivity contribution in [1.29, 1.82) is 0 Å². The number of β-amino-alcohol motifs (C(OH)–C–C–N with tert-alkyl or cyclic N) is 1. The molecule has 2 aliphatic rings. The third kappa shape index (κ3) is 3.93. The van der Waals surface area contributed by atoms with E-state index in [9.17, 15) is 18.7 Å². The van der Waals surface area contributed by atoms with Crippen LogP contribution in [-0.4, -0.2) is 60.1 Å². The van der Waals surface area contributed by atoms with Crippen LogP contribution in [0.3, 0.4) is 0 Å². The van der Waals surface area contributed by atoms with Gasteiger partial charge in [-0.15, -0.1) is 0 Å². The predicted molar refractivity (Wildman–Crippen MR) is 129 cm³/mol. The maximum absolute atomic E-state index is 14.4. The number of amides is 1. The standard InChI is InChI=1S/C25H23F2N7O3/c1-13-20(10-34-19-5-16(26)4-17(27)22(19)37-14(2)23(34)35)33-9-18(28-8-21(33)31-13)15-6-29-24(30-7-15)32-11-25(3,36)12-32/h4-9,14,36H,10-12H2,1-3H3/t14-/m1/s1. The fourth-order valence-electron chi connectivity index (χ4n) is 4.74. The Morgan fingerprint density at radius 3 is 2.59 bits per heavy atom. The highest BCUT2D eigenvalue weighted by molar-refractivity contribution is 5.99. The Morgan fingerprint density at radius 1 is 1.16 bits per heavy atom. The van der Waals surface area contributed by atoms with E-state index in [-0.39, 0.29) is 18.0 Å². The Labute approximate surface area is 210 Å². The summed E-state index contributed by atoms with van der Waals surface area (Å²) in [6.45, 7) is 6.02. The molecule has 1 aromatic carbocycles. The molecule has 6 rings (SSSR count). The highest BCUT2D eigenvalue weighted by Crippen LogP contribution is 2.38. The van der Waals surface area contributed by atoms with E-state index in [0.29, 0.717) is 47.3 Å². The van der Waals surface area contributed by atoms with E-state index in [4.69, 9.17) is 4.74 Å². The van der Waals surface area contributed by atoms with Gasteiger partial charge in [-0.05, 0) is 20.8 Å². The van der Waals surface area contributed by atoms with Gasteiger partial charge in [0.05, 0.1) is 54.2 Å². The quantitative estimate of drug-likeness (QED) is 0.449. The Hall–Kier alpha value is -4.19.